The van der Waals surface area contributed by atoms with E-state index in [2.05, 4.69) is 10.6 Å². The largest absolute Gasteiger partial charge is 0.481 e. The molecule has 0 aliphatic heterocycles. The number of fused-ring (bicyclic) bond motifs is 2. The maximum atomic E-state index is 12.8. The standard InChI is InChI=1S/C20H17ClN2O4S/c21-13-6-5-12(9-14(13)23-18(24)15-2-1-7-28-15)22-19(25)16-10-3-4-11(8-10)17(16)20(26)27/h1-7,9-11,16-17H,8H2,(H,22,25)(H,23,24)(H,26,27)/t10-,11-,16+,17-/m0/s1. The first-order chi connectivity index (χ1) is 13.4. The van der Waals surface area contributed by atoms with Gasteiger partial charge in [-0.05, 0) is 47.9 Å². The van der Waals surface area contributed by atoms with Gasteiger partial charge in [-0.3, -0.25) is 14.4 Å². The number of carbonyl (C=O) groups excluding carboxylic acids is 2. The number of carboxylic acids is 1. The quantitative estimate of drug-likeness (QED) is 0.639. The molecule has 0 radical (unpaired) electrons. The van der Waals surface area contributed by atoms with Gasteiger partial charge in [0.1, 0.15) is 0 Å². The molecular weight excluding hydrogens is 400 g/mol. The molecule has 0 saturated heterocycles. The second kappa shape index (κ2) is 7.41. The number of halogens is 1. The van der Waals surface area contributed by atoms with Crippen LogP contribution in [0.25, 0.3) is 0 Å². The molecule has 1 heterocycles. The van der Waals surface area contributed by atoms with Gasteiger partial charge in [0.2, 0.25) is 5.91 Å². The van der Waals surface area contributed by atoms with Gasteiger partial charge < -0.3 is 15.7 Å². The lowest BCUT2D eigenvalue weighted by Crippen LogP contribution is -2.36. The second-order valence-corrected chi connectivity index (χ2v) is 8.31. The Balaban J connectivity index is 1.51. The summed E-state index contributed by atoms with van der Waals surface area (Å²) in [5, 5.41) is 17.2. The smallest absolute Gasteiger partial charge is 0.307 e. The molecule has 28 heavy (non-hydrogen) atoms. The number of rotatable bonds is 5. The van der Waals surface area contributed by atoms with Gasteiger partial charge in [-0.15, -0.1) is 11.3 Å². The van der Waals surface area contributed by atoms with Crippen LogP contribution in [0, 0.1) is 23.7 Å². The zero-order valence-corrected chi connectivity index (χ0v) is 16.2. The van der Waals surface area contributed by atoms with E-state index in [0.717, 1.165) is 0 Å². The van der Waals surface area contributed by atoms with Gasteiger partial charge in [0, 0.05) is 5.69 Å². The lowest BCUT2D eigenvalue weighted by atomic mass is 9.82. The topological polar surface area (TPSA) is 95.5 Å². The summed E-state index contributed by atoms with van der Waals surface area (Å²) in [4.78, 5) is 37.2. The molecule has 0 spiro atoms. The molecule has 2 aliphatic rings. The fourth-order valence-corrected chi connectivity index (χ4v) is 4.82. The van der Waals surface area contributed by atoms with Crippen molar-refractivity contribution in [3.8, 4) is 0 Å². The van der Waals surface area contributed by atoms with E-state index in [1.165, 1.54) is 11.3 Å². The number of nitrogens with one attached hydrogen (secondary N) is 2. The van der Waals surface area contributed by atoms with Crippen molar-refractivity contribution in [1.29, 1.82) is 0 Å². The van der Waals surface area contributed by atoms with Crippen LogP contribution in [-0.4, -0.2) is 22.9 Å². The molecule has 2 bridgehead atoms. The highest BCUT2D eigenvalue weighted by atomic mass is 35.5. The Morgan fingerprint density at radius 1 is 1.07 bits per heavy atom. The third kappa shape index (κ3) is 3.43. The van der Waals surface area contributed by atoms with E-state index < -0.39 is 17.8 Å². The van der Waals surface area contributed by atoms with Gasteiger partial charge in [-0.1, -0.05) is 29.8 Å². The Morgan fingerprint density at radius 2 is 1.82 bits per heavy atom. The maximum absolute atomic E-state index is 12.8. The average Bonchev–Trinajstić information content (AvgIpc) is 3.40. The van der Waals surface area contributed by atoms with Gasteiger partial charge >= 0.3 is 5.97 Å². The number of benzene rings is 1. The summed E-state index contributed by atoms with van der Waals surface area (Å²) >= 11 is 7.48. The predicted octanol–water partition coefficient (Wildman–Crippen LogP) is 4.12. The van der Waals surface area contributed by atoms with Crippen molar-refractivity contribution in [2.24, 2.45) is 23.7 Å². The van der Waals surface area contributed by atoms with Gasteiger partial charge in [-0.2, -0.15) is 0 Å². The van der Waals surface area contributed by atoms with E-state index in [1.807, 2.05) is 12.2 Å². The van der Waals surface area contributed by atoms with Crippen molar-refractivity contribution < 1.29 is 19.5 Å². The lowest BCUT2D eigenvalue weighted by Gasteiger charge is -2.24. The Kier molecular flexibility index (Phi) is 4.95. The molecule has 1 aromatic heterocycles. The molecule has 2 aromatic rings. The van der Waals surface area contributed by atoms with Gasteiger partial charge in [0.25, 0.3) is 5.91 Å². The van der Waals surface area contributed by atoms with Crippen LogP contribution in [0.1, 0.15) is 16.1 Å². The highest BCUT2D eigenvalue weighted by Crippen LogP contribution is 2.48. The lowest BCUT2D eigenvalue weighted by molar-refractivity contribution is -0.146. The highest BCUT2D eigenvalue weighted by molar-refractivity contribution is 7.12. The van der Waals surface area contributed by atoms with E-state index in [-0.39, 0.29) is 23.7 Å². The molecule has 8 heteroatoms. The molecule has 2 aliphatic carbocycles. The van der Waals surface area contributed by atoms with Crippen molar-refractivity contribution in [3.05, 3.63) is 57.8 Å². The first-order valence-corrected chi connectivity index (χ1v) is 10.1. The van der Waals surface area contributed by atoms with Gasteiger partial charge in [-0.25, -0.2) is 0 Å². The molecule has 0 unspecified atom stereocenters. The molecule has 4 rings (SSSR count). The SMILES string of the molecule is O=C(Nc1cc(NC(=O)[C@H]2[C@@H](C(=O)O)[C@H]3C=C[C@H]2C3)ccc1Cl)c1cccs1. The number of anilines is 2. The molecule has 1 aromatic carbocycles. The number of aliphatic carboxylic acids is 1. The Hall–Kier alpha value is -2.64. The fraction of sp³-hybridized carbons (Fsp3) is 0.250. The number of amides is 2. The van der Waals surface area contributed by atoms with Gasteiger partial charge in [0.15, 0.2) is 0 Å². The highest BCUT2D eigenvalue weighted by Gasteiger charge is 2.51. The normalized spacial score (nSPS) is 24.9. The summed E-state index contributed by atoms with van der Waals surface area (Å²) in [7, 11) is 0. The molecule has 2 amide bonds. The number of carbonyl (C=O) groups is 3. The fourth-order valence-electron chi connectivity index (χ4n) is 4.03. The monoisotopic (exact) mass is 416 g/mol. The third-order valence-electron chi connectivity index (χ3n) is 5.27. The summed E-state index contributed by atoms with van der Waals surface area (Å²) in [6.45, 7) is 0. The molecule has 3 N–H and O–H groups in total. The first kappa shape index (κ1) is 18.7. The number of thiophene rings is 1. The summed E-state index contributed by atoms with van der Waals surface area (Å²) < 4.78 is 0. The second-order valence-electron chi connectivity index (χ2n) is 6.95. The Morgan fingerprint density at radius 3 is 2.50 bits per heavy atom. The minimum Gasteiger partial charge on any atom is -0.481 e. The number of carboxylic acid groups (broad SMARTS) is 1. The average molecular weight is 417 g/mol. The third-order valence-corrected chi connectivity index (χ3v) is 6.47. The van der Waals surface area contributed by atoms with E-state index in [1.54, 1.807) is 35.7 Å². The van der Waals surface area contributed by atoms with Crippen LogP contribution in [0.4, 0.5) is 11.4 Å². The van der Waals surface area contributed by atoms with Crippen LogP contribution in [0.5, 0.6) is 0 Å². The number of allylic oxidation sites excluding steroid dienone is 2. The van der Waals surface area contributed by atoms with Crippen LogP contribution in [0.15, 0.2) is 47.9 Å². The summed E-state index contributed by atoms with van der Waals surface area (Å²) in [5.74, 6) is -3.03. The molecule has 1 saturated carbocycles. The van der Waals surface area contributed by atoms with Crippen molar-refractivity contribution >= 4 is 52.1 Å². The van der Waals surface area contributed by atoms with E-state index in [0.29, 0.717) is 27.7 Å². The van der Waals surface area contributed by atoms with Crippen molar-refractivity contribution in [1.82, 2.24) is 0 Å². The Labute approximate surface area is 170 Å². The van der Waals surface area contributed by atoms with Crippen LogP contribution >= 0.6 is 22.9 Å². The van der Waals surface area contributed by atoms with E-state index in [4.69, 9.17) is 11.6 Å². The molecule has 1 fully saturated rings. The minimum atomic E-state index is -0.947. The summed E-state index contributed by atoms with van der Waals surface area (Å²) in [6, 6.07) is 8.26. The van der Waals surface area contributed by atoms with Crippen molar-refractivity contribution in [2.75, 3.05) is 10.6 Å². The van der Waals surface area contributed by atoms with Gasteiger partial charge in [0.05, 0.1) is 27.4 Å². The molecular formula is C20H17ClN2O4S. The van der Waals surface area contributed by atoms with Crippen LogP contribution in [-0.2, 0) is 9.59 Å². The maximum Gasteiger partial charge on any atom is 0.307 e. The van der Waals surface area contributed by atoms with E-state index in [9.17, 15) is 19.5 Å². The zero-order valence-electron chi connectivity index (χ0n) is 14.6. The van der Waals surface area contributed by atoms with Crippen LogP contribution < -0.4 is 10.6 Å². The van der Waals surface area contributed by atoms with Crippen LogP contribution in [0.3, 0.4) is 0 Å². The van der Waals surface area contributed by atoms with Crippen molar-refractivity contribution in [3.63, 3.8) is 0 Å². The van der Waals surface area contributed by atoms with E-state index >= 15 is 0 Å². The predicted molar refractivity (Wildman–Crippen MR) is 108 cm³/mol. The Bertz CT molecular complexity index is 973. The summed E-state index contributed by atoms with van der Waals surface area (Å²) in [5.41, 5.74) is 0.826. The molecule has 144 valence electrons. The number of hydrogen-bond acceptors (Lipinski definition) is 4. The summed E-state index contributed by atoms with van der Waals surface area (Å²) in [6.07, 6.45) is 4.52. The first-order valence-electron chi connectivity index (χ1n) is 8.80. The van der Waals surface area contributed by atoms with Crippen molar-refractivity contribution in [2.45, 2.75) is 6.42 Å². The zero-order chi connectivity index (χ0) is 19.8. The number of hydrogen-bond donors (Lipinski definition) is 3. The minimum absolute atomic E-state index is 0.0589. The molecule has 4 atom stereocenters. The molecule has 6 nitrogen and oxygen atoms in total. The van der Waals surface area contributed by atoms with Crippen LogP contribution in [0.2, 0.25) is 5.02 Å².